The Balaban J connectivity index is 2.51. The average molecular weight is 273 g/mol. The number of nitrogens with zero attached hydrogens (tertiary/aromatic N) is 2. The van der Waals surface area contributed by atoms with E-state index in [1.807, 2.05) is 4.68 Å². The summed E-state index contributed by atoms with van der Waals surface area (Å²) < 4.78 is 7.35. The van der Waals surface area contributed by atoms with Crippen LogP contribution in [0.25, 0.3) is 0 Å². The van der Waals surface area contributed by atoms with E-state index in [1.54, 1.807) is 13.3 Å². The third-order valence-electron chi connectivity index (χ3n) is 3.41. The van der Waals surface area contributed by atoms with E-state index in [2.05, 4.69) is 51.0 Å². The summed E-state index contributed by atoms with van der Waals surface area (Å²) in [6, 6.07) is 6.39. The van der Waals surface area contributed by atoms with E-state index < -0.39 is 0 Å². The molecule has 1 heterocycles. The zero-order chi connectivity index (χ0) is 14.9. The average Bonchev–Trinajstić information content (AvgIpc) is 2.80. The Morgan fingerprint density at radius 3 is 2.25 bits per heavy atom. The predicted molar refractivity (Wildman–Crippen MR) is 81.1 cm³/mol. The lowest BCUT2D eigenvalue weighted by Gasteiger charge is -2.19. The number of ether oxygens (including phenoxy) is 1. The molecule has 1 atom stereocenters. The van der Waals surface area contributed by atoms with Crippen LogP contribution in [-0.4, -0.2) is 16.9 Å². The Kier molecular flexibility index (Phi) is 4.14. The van der Waals surface area contributed by atoms with Crippen molar-refractivity contribution in [2.24, 2.45) is 5.73 Å². The molecule has 108 valence electrons. The Morgan fingerprint density at radius 2 is 1.75 bits per heavy atom. The second kappa shape index (κ2) is 5.67. The van der Waals surface area contributed by atoms with Gasteiger partial charge >= 0.3 is 0 Å². The number of methoxy groups -OCH3 is 1. The molecular formula is C16H23N3O. The summed E-state index contributed by atoms with van der Waals surface area (Å²) in [5.41, 5.74) is 10.9. The van der Waals surface area contributed by atoms with E-state index >= 15 is 0 Å². The molecule has 0 saturated carbocycles. The van der Waals surface area contributed by atoms with E-state index in [9.17, 15) is 0 Å². The molecule has 0 spiro atoms. The van der Waals surface area contributed by atoms with Gasteiger partial charge in [0.25, 0.3) is 0 Å². The van der Waals surface area contributed by atoms with Crippen molar-refractivity contribution in [1.82, 2.24) is 9.78 Å². The van der Waals surface area contributed by atoms with Crippen LogP contribution in [0.3, 0.4) is 0 Å². The third kappa shape index (κ3) is 2.70. The van der Waals surface area contributed by atoms with Gasteiger partial charge in [-0.1, -0.05) is 29.3 Å². The summed E-state index contributed by atoms with van der Waals surface area (Å²) in [6.45, 7) is 8.34. The maximum Gasteiger partial charge on any atom is 0.161 e. The lowest BCUT2D eigenvalue weighted by Crippen LogP contribution is -2.19. The van der Waals surface area contributed by atoms with Gasteiger partial charge in [0.2, 0.25) is 0 Å². The maximum atomic E-state index is 6.47. The molecule has 0 radical (unpaired) electrons. The Labute approximate surface area is 120 Å². The molecule has 0 aliphatic carbocycles. The first-order valence-electron chi connectivity index (χ1n) is 6.89. The quantitative estimate of drug-likeness (QED) is 0.931. The van der Waals surface area contributed by atoms with Crippen LogP contribution < -0.4 is 10.5 Å². The number of aromatic nitrogens is 2. The van der Waals surface area contributed by atoms with Crippen molar-refractivity contribution in [3.63, 3.8) is 0 Å². The van der Waals surface area contributed by atoms with Crippen LogP contribution in [0.15, 0.2) is 24.4 Å². The highest BCUT2D eigenvalue weighted by Gasteiger charge is 2.22. The number of nitrogens with two attached hydrogens (primary N) is 1. The summed E-state index contributed by atoms with van der Waals surface area (Å²) in [6.07, 6.45) is 1.73. The fraction of sp³-hybridized carbons (Fsp3) is 0.438. The van der Waals surface area contributed by atoms with Gasteiger partial charge in [-0.15, -0.1) is 0 Å². The largest absolute Gasteiger partial charge is 0.493 e. The zero-order valence-corrected chi connectivity index (χ0v) is 12.8. The minimum atomic E-state index is -0.242. The molecule has 2 N–H and O–H groups in total. The Morgan fingerprint density at radius 1 is 1.15 bits per heavy atom. The van der Waals surface area contributed by atoms with Crippen LogP contribution in [0.1, 0.15) is 48.3 Å². The van der Waals surface area contributed by atoms with Crippen molar-refractivity contribution in [2.75, 3.05) is 7.11 Å². The molecule has 0 aliphatic heterocycles. The lowest BCUT2D eigenvalue weighted by atomic mass is 9.99. The van der Waals surface area contributed by atoms with Gasteiger partial charge in [0, 0.05) is 6.04 Å². The molecule has 2 rings (SSSR count). The minimum Gasteiger partial charge on any atom is -0.493 e. The van der Waals surface area contributed by atoms with Gasteiger partial charge in [-0.2, -0.15) is 5.10 Å². The van der Waals surface area contributed by atoms with Gasteiger partial charge in [-0.05, 0) is 33.3 Å². The van der Waals surface area contributed by atoms with Gasteiger partial charge in [-0.25, -0.2) is 0 Å². The molecule has 0 saturated heterocycles. The van der Waals surface area contributed by atoms with E-state index in [4.69, 9.17) is 10.5 Å². The monoisotopic (exact) mass is 273 g/mol. The SMILES string of the molecule is COc1cnn(C(C)C)c1C(N)c1cc(C)cc(C)c1. The van der Waals surface area contributed by atoms with E-state index in [0.717, 1.165) is 17.0 Å². The summed E-state index contributed by atoms with van der Waals surface area (Å²) in [5.74, 6) is 0.741. The van der Waals surface area contributed by atoms with Crippen molar-refractivity contribution in [3.8, 4) is 5.75 Å². The lowest BCUT2D eigenvalue weighted by molar-refractivity contribution is 0.401. The minimum absolute atomic E-state index is 0.242. The summed E-state index contributed by atoms with van der Waals surface area (Å²) in [5, 5.41) is 4.39. The highest BCUT2D eigenvalue weighted by molar-refractivity contribution is 5.39. The van der Waals surface area contributed by atoms with Crippen LogP contribution >= 0.6 is 0 Å². The summed E-state index contributed by atoms with van der Waals surface area (Å²) >= 11 is 0. The molecule has 0 aliphatic rings. The molecule has 1 unspecified atom stereocenters. The molecule has 4 nitrogen and oxygen atoms in total. The molecule has 0 bridgehead atoms. The molecule has 4 heteroatoms. The van der Waals surface area contributed by atoms with Gasteiger partial charge < -0.3 is 10.5 Å². The maximum absolute atomic E-state index is 6.47. The zero-order valence-electron chi connectivity index (χ0n) is 12.8. The number of hydrogen-bond acceptors (Lipinski definition) is 3. The van der Waals surface area contributed by atoms with Gasteiger partial charge in [-0.3, -0.25) is 4.68 Å². The normalized spacial score (nSPS) is 12.8. The highest BCUT2D eigenvalue weighted by atomic mass is 16.5. The van der Waals surface area contributed by atoms with Crippen molar-refractivity contribution in [3.05, 3.63) is 46.8 Å². The van der Waals surface area contributed by atoms with Crippen LogP contribution in [0.4, 0.5) is 0 Å². The van der Waals surface area contributed by atoms with Crippen molar-refractivity contribution < 1.29 is 4.74 Å². The molecular weight excluding hydrogens is 250 g/mol. The van der Waals surface area contributed by atoms with Crippen molar-refractivity contribution in [2.45, 2.75) is 39.8 Å². The second-order valence-corrected chi connectivity index (χ2v) is 5.54. The molecule has 1 aromatic carbocycles. The summed E-state index contributed by atoms with van der Waals surface area (Å²) in [7, 11) is 1.65. The van der Waals surface area contributed by atoms with Crippen LogP contribution in [0.2, 0.25) is 0 Å². The molecule has 2 aromatic rings. The number of rotatable bonds is 4. The van der Waals surface area contributed by atoms with E-state index in [-0.39, 0.29) is 12.1 Å². The Bertz CT molecular complexity index is 582. The first-order valence-corrected chi connectivity index (χ1v) is 6.89. The molecule has 20 heavy (non-hydrogen) atoms. The predicted octanol–water partition coefficient (Wildman–Crippen LogP) is 3.14. The van der Waals surface area contributed by atoms with Gasteiger partial charge in [0.05, 0.1) is 19.3 Å². The van der Waals surface area contributed by atoms with Gasteiger partial charge in [0.15, 0.2) is 5.75 Å². The highest BCUT2D eigenvalue weighted by Crippen LogP contribution is 2.30. The molecule has 0 fully saturated rings. The number of hydrogen-bond donors (Lipinski definition) is 1. The van der Waals surface area contributed by atoms with E-state index in [1.165, 1.54) is 11.1 Å². The van der Waals surface area contributed by atoms with Crippen LogP contribution in [0.5, 0.6) is 5.75 Å². The number of aryl methyl sites for hydroxylation is 2. The van der Waals surface area contributed by atoms with Crippen LogP contribution in [-0.2, 0) is 0 Å². The second-order valence-electron chi connectivity index (χ2n) is 5.54. The van der Waals surface area contributed by atoms with Gasteiger partial charge in [0.1, 0.15) is 5.69 Å². The van der Waals surface area contributed by atoms with E-state index in [0.29, 0.717) is 0 Å². The van der Waals surface area contributed by atoms with Crippen LogP contribution in [0, 0.1) is 13.8 Å². The number of benzene rings is 1. The smallest absolute Gasteiger partial charge is 0.161 e. The first-order chi connectivity index (χ1) is 9.43. The fourth-order valence-electron chi connectivity index (χ4n) is 2.57. The first kappa shape index (κ1) is 14.6. The standard InChI is InChI=1S/C16H23N3O/c1-10(2)19-16(14(20-5)9-18-19)15(17)13-7-11(3)6-12(4)8-13/h6-10,15H,17H2,1-5H3. The fourth-order valence-corrected chi connectivity index (χ4v) is 2.57. The Hall–Kier alpha value is -1.81. The molecule has 0 amide bonds. The molecule has 1 aromatic heterocycles. The van der Waals surface area contributed by atoms with Crippen molar-refractivity contribution in [1.29, 1.82) is 0 Å². The van der Waals surface area contributed by atoms with Crippen molar-refractivity contribution >= 4 is 0 Å². The third-order valence-corrected chi connectivity index (χ3v) is 3.41. The summed E-state index contributed by atoms with van der Waals surface area (Å²) in [4.78, 5) is 0. The topological polar surface area (TPSA) is 53.1 Å².